The number of halogens is 4. The van der Waals surface area contributed by atoms with Gasteiger partial charge in [0, 0.05) is 71.2 Å². The Hall–Kier alpha value is -2.44. The first-order valence-corrected chi connectivity index (χ1v) is 15.2. The molecule has 40 heavy (non-hydrogen) atoms. The molecule has 4 aliphatic heterocycles. The fourth-order valence-corrected chi connectivity index (χ4v) is 7.97. The van der Waals surface area contributed by atoms with Gasteiger partial charge in [-0.2, -0.15) is 0 Å². The van der Waals surface area contributed by atoms with Crippen molar-refractivity contribution in [3.63, 3.8) is 0 Å². The summed E-state index contributed by atoms with van der Waals surface area (Å²) < 4.78 is 9.29. The van der Waals surface area contributed by atoms with E-state index in [9.17, 15) is 9.90 Å². The molecule has 0 unspecified atom stereocenters. The molecule has 0 aromatic heterocycles. The number of carboxylic acid groups (broad SMARTS) is 1. The number of ether oxygens (including phenoxy) is 1. The average molecular weight is 616 g/mol. The lowest BCUT2D eigenvalue weighted by atomic mass is 9.85. The fourth-order valence-electron chi connectivity index (χ4n) is 6.95. The van der Waals surface area contributed by atoms with Crippen molar-refractivity contribution >= 4 is 63.6 Å². The molecule has 4 heterocycles. The maximum Gasteiger partial charge on any atom is 0.210 e. The van der Waals surface area contributed by atoms with E-state index in [1.807, 2.05) is 0 Å². The highest BCUT2D eigenvalue weighted by Gasteiger charge is 2.34. The Morgan fingerprint density at radius 2 is 1.65 bits per heavy atom. The number of aromatic carboxylic acids is 1. The summed E-state index contributed by atoms with van der Waals surface area (Å²) in [5, 5.41) is 14.4. The zero-order valence-electron chi connectivity index (χ0n) is 21.9. The van der Waals surface area contributed by atoms with E-state index in [4.69, 9.17) is 51.1 Å². The minimum atomic E-state index is -1.47. The van der Waals surface area contributed by atoms with Gasteiger partial charge in [0.1, 0.15) is 24.6 Å². The summed E-state index contributed by atoms with van der Waals surface area (Å²) in [4.78, 5) is 14.9. The highest BCUT2D eigenvalue weighted by molar-refractivity contribution is 6.53. The first kappa shape index (κ1) is 26.5. The van der Waals surface area contributed by atoms with E-state index >= 15 is 0 Å². The molecular weight excluding hydrogens is 590 g/mol. The summed E-state index contributed by atoms with van der Waals surface area (Å²) in [6.45, 7) is 3.00. The summed E-state index contributed by atoms with van der Waals surface area (Å²) >= 11 is 26.4. The van der Waals surface area contributed by atoms with Gasteiger partial charge in [-0.1, -0.05) is 46.4 Å². The highest BCUT2D eigenvalue weighted by atomic mass is 35.5. The molecule has 206 valence electrons. The van der Waals surface area contributed by atoms with Crippen molar-refractivity contribution in [1.29, 1.82) is 0 Å². The van der Waals surface area contributed by atoms with Gasteiger partial charge in [-0.25, -0.2) is 4.58 Å². The van der Waals surface area contributed by atoms with Crippen LogP contribution in [-0.2, 0) is 19.3 Å². The maximum absolute atomic E-state index is 12.6. The third-order valence-corrected chi connectivity index (χ3v) is 10.5. The molecular formula is C31H26Cl4N2O3. The molecule has 0 aliphatic carbocycles. The highest BCUT2D eigenvalue weighted by Crippen LogP contribution is 2.49. The fraction of sp³-hybridized carbons (Fsp3) is 0.355. The van der Waals surface area contributed by atoms with E-state index < -0.39 is 5.97 Å². The Kier molecular flexibility index (Phi) is 6.51. The first-order chi connectivity index (χ1) is 19.3. The number of hydrogen-bond acceptors (Lipinski definition) is 4. The van der Waals surface area contributed by atoms with Gasteiger partial charge in [-0.3, -0.25) is 0 Å². The molecule has 3 aromatic rings. The van der Waals surface area contributed by atoms with Gasteiger partial charge >= 0.3 is 0 Å². The summed E-state index contributed by atoms with van der Waals surface area (Å²) in [6.07, 6.45) is 6.96. The number of aryl methyl sites for hydroxylation is 2. The lowest BCUT2D eigenvalue weighted by Gasteiger charge is -2.32. The number of nitrogens with zero attached hydrogens (tertiary/aromatic N) is 2. The molecule has 5 nitrogen and oxygen atoms in total. The van der Waals surface area contributed by atoms with Gasteiger partial charge in [0.25, 0.3) is 0 Å². The Balaban J connectivity index is 1.69. The van der Waals surface area contributed by atoms with Gasteiger partial charge in [0.2, 0.25) is 5.36 Å². The number of rotatable bonds is 2. The number of benzene rings is 3. The predicted octanol–water partition coefficient (Wildman–Crippen LogP) is 5.17. The van der Waals surface area contributed by atoms with Crippen LogP contribution in [0.5, 0.6) is 11.5 Å². The van der Waals surface area contributed by atoms with Crippen LogP contribution in [0.25, 0.3) is 5.57 Å². The van der Waals surface area contributed by atoms with Gasteiger partial charge in [-0.05, 0) is 49.8 Å². The summed E-state index contributed by atoms with van der Waals surface area (Å²) in [6, 6.07) is 6.33. The van der Waals surface area contributed by atoms with Crippen molar-refractivity contribution in [2.75, 3.05) is 31.6 Å². The van der Waals surface area contributed by atoms with Gasteiger partial charge in [0.05, 0.1) is 31.6 Å². The molecule has 0 fully saturated rings. The van der Waals surface area contributed by atoms with Crippen LogP contribution >= 0.6 is 46.4 Å². The Labute approximate surface area is 252 Å². The Bertz CT molecular complexity index is 1780. The molecule has 0 N–H and O–H groups in total. The molecule has 7 rings (SSSR count). The van der Waals surface area contributed by atoms with Gasteiger partial charge in [-0.15, -0.1) is 0 Å². The molecule has 0 atom stereocenters. The minimum Gasteiger partial charge on any atom is -0.545 e. The third-order valence-electron chi connectivity index (χ3n) is 8.73. The number of carboxylic acids is 1. The van der Waals surface area contributed by atoms with E-state index in [0.717, 1.165) is 97.9 Å². The normalized spacial score (nSPS) is 17.4. The lowest BCUT2D eigenvalue weighted by molar-refractivity contribution is -0.255. The van der Waals surface area contributed by atoms with E-state index in [0.29, 0.717) is 11.3 Å². The second-order valence-electron chi connectivity index (χ2n) is 11.1. The largest absolute Gasteiger partial charge is 0.545 e. The average Bonchev–Trinajstić information content (AvgIpc) is 3.15. The second kappa shape index (κ2) is 9.84. The molecule has 0 saturated carbocycles. The van der Waals surface area contributed by atoms with E-state index in [1.165, 1.54) is 10.9 Å². The molecule has 0 radical (unpaired) electrons. The third kappa shape index (κ3) is 3.88. The van der Waals surface area contributed by atoms with Crippen LogP contribution in [0.1, 0.15) is 63.9 Å². The zero-order chi connectivity index (χ0) is 27.9. The minimum absolute atomic E-state index is 0.00962. The van der Waals surface area contributed by atoms with Crippen molar-refractivity contribution in [2.24, 2.45) is 0 Å². The standard InChI is InChI=1S/C31H26Cl4N2O3/c1-36-9-4-7-15-12-18-21(14-20(15)36)40-30-17-8-5-11-37-10-3-2-6-16(29(17)37)13-19(30)22(18)23-24(31(38)39)26(33)28(35)27(34)25(23)32/h12-14H,2-11H2,1H3. The number of hydrogen-bond donors (Lipinski definition) is 0. The lowest BCUT2D eigenvalue weighted by Crippen LogP contribution is -2.41. The molecule has 0 amide bonds. The van der Waals surface area contributed by atoms with Crippen molar-refractivity contribution < 1.29 is 14.6 Å². The quantitative estimate of drug-likeness (QED) is 0.177. The predicted molar refractivity (Wildman–Crippen MR) is 158 cm³/mol. The molecule has 0 bridgehead atoms. The van der Waals surface area contributed by atoms with Crippen molar-refractivity contribution in [2.45, 2.75) is 44.9 Å². The van der Waals surface area contributed by atoms with Crippen LogP contribution in [0.2, 0.25) is 20.1 Å². The first-order valence-electron chi connectivity index (χ1n) is 13.7. The van der Waals surface area contributed by atoms with E-state index in [-0.39, 0.29) is 31.2 Å². The van der Waals surface area contributed by atoms with Crippen LogP contribution in [0, 0.1) is 0 Å². The molecule has 9 heteroatoms. The summed E-state index contributed by atoms with van der Waals surface area (Å²) in [7, 11) is 2.08. The topological polar surface area (TPSA) is 55.6 Å². The van der Waals surface area contributed by atoms with Crippen LogP contribution in [0.3, 0.4) is 0 Å². The van der Waals surface area contributed by atoms with Crippen LogP contribution in [-0.4, -0.2) is 32.7 Å². The smallest absolute Gasteiger partial charge is 0.210 e. The summed E-state index contributed by atoms with van der Waals surface area (Å²) in [5.41, 5.74) is 6.01. The van der Waals surface area contributed by atoms with Crippen LogP contribution in [0.15, 0.2) is 18.2 Å². The van der Waals surface area contributed by atoms with Crippen molar-refractivity contribution in [1.82, 2.24) is 4.58 Å². The SMILES string of the molecule is CN1CCCc2cc3c(cc21)Oc1c2c4c(cc1=C3c1c(Cl)c(Cl)c(Cl)c(Cl)c1C(=O)[O-])CCCC[N+]=4CCC2. The van der Waals surface area contributed by atoms with Crippen molar-refractivity contribution in [3.05, 3.63) is 82.2 Å². The van der Waals surface area contributed by atoms with E-state index in [1.54, 1.807) is 0 Å². The Morgan fingerprint density at radius 1 is 0.900 bits per heavy atom. The van der Waals surface area contributed by atoms with Crippen LogP contribution < -0.4 is 29.9 Å². The second-order valence-corrected chi connectivity index (χ2v) is 12.6. The molecule has 4 aliphatic rings. The molecule has 0 spiro atoms. The monoisotopic (exact) mass is 614 g/mol. The number of fused-ring (bicyclic) bond motifs is 4. The van der Waals surface area contributed by atoms with Gasteiger partial charge < -0.3 is 19.5 Å². The van der Waals surface area contributed by atoms with E-state index in [2.05, 4.69) is 34.7 Å². The number of carbonyl (C=O) groups excluding carboxylic acids is 1. The molecule has 0 saturated heterocycles. The molecule has 3 aromatic carbocycles. The summed E-state index contributed by atoms with van der Waals surface area (Å²) in [5.74, 6) is -0.0733. The van der Waals surface area contributed by atoms with Gasteiger partial charge in [0.15, 0.2) is 0 Å². The Morgan fingerprint density at radius 3 is 2.45 bits per heavy atom. The number of anilines is 1. The zero-order valence-corrected chi connectivity index (χ0v) is 25.0. The van der Waals surface area contributed by atoms with Crippen molar-refractivity contribution in [3.8, 4) is 11.5 Å². The van der Waals surface area contributed by atoms with Crippen LogP contribution in [0.4, 0.5) is 5.69 Å². The maximum atomic E-state index is 12.6. The number of carbonyl (C=O) groups is 1.